The highest BCUT2D eigenvalue weighted by atomic mass is 16.2. The summed E-state index contributed by atoms with van der Waals surface area (Å²) in [4.78, 5) is 35.0. The highest BCUT2D eigenvalue weighted by Crippen LogP contribution is 2.10. The number of amides is 3. The van der Waals surface area contributed by atoms with Crippen LogP contribution in [0.3, 0.4) is 0 Å². The molecule has 1 atom stereocenters. The zero-order chi connectivity index (χ0) is 11.4. The van der Waals surface area contributed by atoms with Gasteiger partial charge in [-0.15, -0.1) is 0 Å². The Balaban J connectivity index is 2.53. The van der Waals surface area contributed by atoms with E-state index in [-0.39, 0.29) is 24.3 Å². The van der Waals surface area contributed by atoms with Crippen LogP contribution in [0.25, 0.3) is 0 Å². The highest BCUT2D eigenvalue weighted by Gasteiger charge is 2.32. The molecule has 84 valence electrons. The van der Waals surface area contributed by atoms with Gasteiger partial charge in [0.05, 0.1) is 6.54 Å². The number of nitrogens with one attached hydrogen (secondary N) is 2. The van der Waals surface area contributed by atoms with Gasteiger partial charge in [0.2, 0.25) is 11.8 Å². The zero-order valence-corrected chi connectivity index (χ0v) is 8.87. The lowest BCUT2D eigenvalue weighted by Crippen LogP contribution is -2.54. The van der Waals surface area contributed by atoms with Crippen molar-refractivity contribution in [2.45, 2.75) is 18.9 Å². The first-order valence-corrected chi connectivity index (χ1v) is 4.80. The van der Waals surface area contributed by atoms with Crippen LogP contribution in [-0.2, 0) is 14.4 Å². The van der Waals surface area contributed by atoms with Crippen molar-refractivity contribution >= 4 is 17.7 Å². The molecule has 0 aromatic heterocycles. The maximum absolute atomic E-state index is 11.5. The molecule has 0 aliphatic carbocycles. The summed E-state index contributed by atoms with van der Waals surface area (Å²) in [6, 6.07) is -0.562. The minimum absolute atomic E-state index is 0.168. The summed E-state index contributed by atoms with van der Waals surface area (Å²) in [7, 11) is 3.08. The molecule has 1 heterocycles. The summed E-state index contributed by atoms with van der Waals surface area (Å²) < 4.78 is 0. The van der Waals surface area contributed by atoms with Gasteiger partial charge >= 0.3 is 0 Å². The average molecular weight is 213 g/mol. The third-order valence-corrected chi connectivity index (χ3v) is 2.32. The van der Waals surface area contributed by atoms with Gasteiger partial charge in [0.25, 0.3) is 5.91 Å². The van der Waals surface area contributed by atoms with Gasteiger partial charge in [0, 0.05) is 13.5 Å². The first kappa shape index (κ1) is 11.6. The smallest absolute Gasteiger partial charge is 0.251 e. The largest absolute Gasteiger partial charge is 0.343 e. The van der Waals surface area contributed by atoms with Crippen LogP contribution in [0.1, 0.15) is 12.8 Å². The minimum atomic E-state index is -0.562. The number of rotatable bonds is 3. The van der Waals surface area contributed by atoms with Gasteiger partial charge in [-0.2, -0.15) is 0 Å². The van der Waals surface area contributed by atoms with Crippen LogP contribution in [0.2, 0.25) is 0 Å². The second kappa shape index (κ2) is 4.88. The number of likely N-dealkylation sites (tertiary alicyclic amines) is 1. The highest BCUT2D eigenvalue weighted by molar-refractivity contribution is 6.01. The van der Waals surface area contributed by atoms with Crippen LogP contribution in [0.4, 0.5) is 0 Å². The number of imide groups is 1. The van der Waals surface area contributed by atoms with Crippen molar-refractivity contribution in [3.8, 4) is 0 Å². The van der Waals surface area contributed by atoms with E-state index in [1.54, 1.807) is 7.05 Å². The molecule has 1 aliphatic rings. The van der Waals surface area contributed by atoms with E-state index in [9.17, 15) is 14.4 Å². The predicted octanol–water partition coefficient (Wildman–Crippen LogP) is -1.53. The third-order valence-electron chi connectivity index (χ3n) is 2.32. The SMILES string of the molecule is CNCC(=O)NC1CCC(=O)N(C)C1=O. The normalized spacial score (nSPS) is 21.7. The molecule has 6 nitrogen and oxygen atoms in total. The Labute approximate surface area is 88.0 Å². The summed E-state index contributed by atoms with van der Waals surface area (Å²) in [5.41, 5.74) is 0. The number of likely N-dealkylation sites (N-methyl/N-ethyl adjacent to an activating group) is 2. The molecule has 1 aliphatic heterocycles. The van der Waals surface area contributed by atoms with Gasteiger partial charge < -0.3 is 10.6 Å². The van der Waals surface area contributed by atoms with Gasteiger partial charge in [-0.25, -0.2) is 0 Å². The van der Waals surface area contributed by atoms with Crippen molar-refractivity contribution in [2.24, 2.45) is 0 Å². The molecule has 0 radical (unpaired) electrons. The fourth-order valence-electron chi connectivity index (χ4n) is 1.46. The van der Waals surface area contributed by atoms with E-state index >= 15 is 0 Å². The molecule has 1 fully saturated rings. The number of carbonyl (C=O) groups is 3. The monoisotopic (exact) mass is 213 g/mol. The first-order valence-electron chi connectivity index (χ1n) is 4.80. The lowest BCUT2D eigenvalue weighted by Gasteiger charge is -2.28. The lowest BCUT2D eigenvalue weighted by atomic mass is 10.0. The van der Waals surface area contributed by atoms with Crippen LogP contribution in [0.5, 0.6) is 0 Å². The van der Waals surface area contributed by atoms with E-state index in [1.807, 2.05) is 0 Å². The fourth-order valence-corrected chi connectivity index (χ4v) is 1.46. The zero-order valence-electron chi connectivity index (χ0n) is 8.87. The summed E-state index contributed by atoms with van der Waals surface area (Å²) in [5.74, 6) is -0.770. The van der Waals surface area contributed by atoms with E-state index in [1.165, 1.54) is 7.05 Å². The standard InChI is InChI=1S/C9H15N3O3/c1-10-5-7(13)11-6-3-4-8(14)12(2)9(6)15/h6,10H,3-5H2,1-2H3,(H,11,13). The minimum Gasteiger partial charge on any atom is -0.343 e. The maximum Gasteiger partial charge on any atom is 0.251 e. The molecule has 0 saturated carbocycles. The molecule has 0 spiro atoms. The topological polar surface area (TPSA) is 78.5 Å². The number of piperidine rings is 1. The number of nitrogens with zero attached hydrogens (tertiary/aromatic N) is 1. The first-order chi connectivity index (χ1) is 7.06. The van der Waals surface area contributed by atoms with E-state index in [0.29, 0.717) is 12.8 Å². The van der Waals surface area contributed by atoms with Gasteiger partial charge in [0.1, 0.15) is 6.04 Å². The molecule has 3 amide bonds. The molecule has 15 heavy (non-hydrogen) atoms. The van der Waals surface area contributed by atoms with Gasteiger partial charge in [-0.1, -0.05) is 0 Å². The van der Waals surface area contributed by atoms with Crippen molar-refractivity contribution in [1.29, 1.82) is 0 Å². The van der Waals surface area contributed by atoms with E-state index in [4.69, 9.17) is 0 Å². The van der Waals surface area contributed by atoms with Gasteiger partial charge in [0.15, 0.2) is 0 Å². The summed E-state index contributed by atoms with van der Waals surface area (Å²) >= 11 is 0. The van der Waals surface area contributed by atoms with Crippen molar-refractivity contribution in [3.63, 3.8) is 0 Å². The van der Waals surface area contributed by atoms with E-state index < -0.39 is 6.04 Å². The van der Waals surface area contributed by atoms with Crippen LogP contribution in [-0.4, -0.2) is 49.3 Å². The molecule has 0 aromatic carbocycles. The molecule has 0 aromatic rings. The van der Waals surface area contributed by atoms with Crippen molar-refractivity contribution in [1.82, 2.24) is 15.5 Å². The molecule has 1 unspecified atom stereocenters. The molecular weight excluding hydrogens is 198 g/mol. The summed E-state index contributed by atoms with van der Waals surface area (Å²) in [6.07, 6.45) is 0.685. The van der Waals surface area contributed by atoms with Crippen molar-refractivity contribution < 1.29 is 14.4 Å². The van der Waals surface area contributed by atoms with Gasteiger partial charge in [-0.3, -0.25) is 19.3 Å². The molecule has 6 heteroatoms. The third kappa shape index (κ3) is 2.76. The summed E-state index contributed by atoms with van der Waals surface area (Å²) in [5, 5.41) is 5.26. The van der Waals surface area contributed by atoms with Gasteiger partial charge in [-0.05, 0) is 13.5 Å². The Kier molecular flexibility index (Phi) is 3.79. The van der Waals surface area contributed by atoms with Crippen LogP contribution in [0.15, 0.2) is 0 Å². The van der Waals surface area contributed by atoms with E-state index in [0.717, 1.165) is 4.90 Å². The number of carbonyl (C=O) groups excluding carboxylic acids is 3. The maximum atomic E-state index is 11.5. The molecule has 1 rings (SSSR count). The van der Waals surface area contributed by atoms with Crippen LogP contribution in [0, 0.1) is 0 Å². The molecule has 1 saturated heterocycles. The second-order valence-electron chi connectivity index (χ2n) is 3.48. The molecule has 2 N–H and O–H groups in total. The van der Waals surface area contributed by atoms with Crippen molar-refractivity contribution in [3.05, 3.63) is 0 Å². The average Bonchev–Trinajstić information content (AvgIpc) is 2.20. The Hall–Kier alpha value is -1.43. The Morgan fingerprint density at radius 2 is 2.20 bits per heavy atom. The Bertz CT molecular complexity index is 290. The van der Waals surface area contributed by atoms with Crippen molar-refractivity contribution in [2.75, 3.05) is 20.6 Å². The Morgan fingerprint density at radius 1 is 1.53 bits per heavy atom. The second-order valence-corrected chi connectivity index (χ2v) is 3.48. The fraction of sp³-hybridized carbons (Fsp3) is 0.667. The Morgan fingerprint density at radius 3 is 2.80 bits per heavy atom. The lowest BCUT2D eigenvalue weighted by molar-refractivity contribution is -0.149. The number of hydrogen-bond acceptors (Lipinski definition) is 4. The van der Waals surface area contributed by atoms with E-state index in [2.05, 4.69) is 10.6 Å². The van der Waals surface area contributed by atoms with Crippen LogP contribution >= 0.6 is 0 Å². The molecule has 0 bridgehead atoms. The number of hydrogen-bond donors (Lipinski definition) is 2. The molecular formula is C9H15N3O3. The predicted molar refractivity (Wildman–Crippen MR) is 52.9 cm³/mol. The quantitative estimate of drug-likeness (QED) is 0.557. The van der Waals surface area contributed by atoms with Crippen LogP contribution < -0.4 is 10.6 Å². The summed E-state index contributed by atoms with van der Waals surface area (Å²) in [6.45, 7) is 0.168.